The molecule has 0 unspecified atom stereocenters. The van der Waals surface area contributed by atoms with Gasteiger partial charge in [0.15, 0.2) is 5.82 Å². The zero-order chi connectivity index (χ0) is 17.1. The fraction of sp³-hybridized carbons (Fsp3) is 0.389. The molecule has 1 atom stereocenters. The van der Waals surface area contributed by atoms with Gasteiger partial charge in [0.2, 0.25) is 11.8 Å². The number of amides is 2. The van der Waals surface area contributed by atoms with Gasteiger partial charge in [0, 0.05) is 24.7 Å². The maximum Gasteiger partial charge on any atom is 0.245 e. The Morgan fingerprint density at radius 3 is 2.75 bits per heavy atom. The van der Waals surface area contributed by atoms with Crippen LogP contribution in [0.1, 0.15) is 36.9 Å². The molecule has 0 radical (unpaired) electrons. The summed E-state index contributed by atoms with van der Waals surface area (Å²) in [5, 5.41) is 7.32. The lowest BCUT2D eigenvalue weighted by Crippen LogP contribution is -2.34. The van der Waals surface area contributed by atoms with Crippen LogP contribution in [0.2, 0.25) is 0 Å². The number of nitrogens with one attached hydrogen (secondary N) is 1. The lowest BCUT2D eigenvalue weighted by molar-refractivity contribution is -0.131. The maximum atomic E-state index is 12.2. The summed E-state index contributed by atoms with van der Waals surface area (Å²) in [4.78, 5) is 25.4. The molecule has 6 nitrogen and oxygen atoms in total. The molecular formula is C18H22N4O2. The summed E-state index contributed by atoms with van der Waals surface area (Å²) in [5.41, 5.74) is 2.06. The number of likely N-dealkylation sites (tertiary alicyclic amines) is 1. The zero-order valence-corrected chi connectivity index (χ0v) is 14.0. The van der Waals surface area contributed by atoms with Gasteiger partial charge < -0.3 is 10.2 Å². The van der Waals surface area contributed by atoms with E-state index >= 15 is 0 Å². The van der Waals surface area contributed by atoms with E-state index in [1.807, 2.05) is 36.0 Å². The van der Waals surface area contributed by atoms with Crippen LogP contribution in [0.4, 0.5) is 5.82 Å². The van der Waals surface area contributed by atoms with Crippen LogP contribution in [0.5, 0.6) is 0 Å². The Bertz CT molecular complexity index is 739. The molecule has 1 aromatic carbocycles. The molecule has 1 fully saturated rings. The first kappa shape index (κ1) is 16.2. The summed E-state index contributed by atoms with van der Waals surface area (Å²) in [6.45, 7) is 4.73. The van der Waals surface area contributed by atoms with Gasteiger partial charge in [-0.05, 0) is 25.8 Å². The normalized spacial score (nSPS) is 15.6. The standard InChI is InChI=1S/C18H22N4O2/c1-13-11-22(14(2)15-7-4-3-5-8-15)20-18(13)19-16(23)12-21-10-6-9-17(21)24/h3-5,7-8,11,14H,6,9-10,12H2,1-2H3,(H,19,20,23)/t14-/m0/s1. The average molecular weight is 326 g/mol. The van der Waals surface area contributed by atoms with Gasteiger partial charge in [-0.25, -0.2) is 0 Å². The smallest absolute Gasteiger partial charge is 0.245 e. The molecular weight excluding hydrogens is 304 g/mol. The quantitative estimate of drug-likeness (QED) is 0.917. The maximum absolute atomic E-state index is 12.2. The molecule has 1 saturated heterocycles. The van der Waals surface area contributed by atoms with Crippen molar-refractivity contribution in [2.45, 2.75) is 32.7 Å². The molecule has 0 spiro atoms. The van der Waals surface area contributed by atoms with Crippen LogP contribution in [-0.2, 0) is 9.59 Å². The van der Waals surface area contributed by atoms with Crippen LogP contribution >= 0.6 is 0 Å². The van der Waals surface area contributed by atoms with E-state index in [-0.39, 0.29) is 24.4 Å². The van der Waals surface area contributed by atoms with E-state index in [2.05, 4.69) is 29.5 Å². The molecule has 1 aliphatic heterocycles. The second-order valence-corrected chi connectivity index (χ2v) is 6.19. The topological polar surface area (TPSA) is 67.2 Å². The molecule has 126 valence electrons. The SMILES string of the molecule is Cc1cn([C@@H](C)c2ccccc2)nc1NC(=O)CN1CCCC1=O. The predicted octanol–water partition coefficient (Wildman–Crippen LogP) is 2.36. The Kier molecular flexibility index (Phi) is 4.64. The van der Waals surface area contributed by atoms with Crippen LogP contribution in [0.15, 0.2) is 36.5 Å². The Balaban J connectivity index is 1.67. The van der Waals surface area contributed by atoms with Crippen molar-refractivity contribution in [3.8, 4) is 0 Å². The van der Waals surface area contributed by atoms with E-state index in [1.54, 1.807) is 4.90 Å². The van der Waals surface area contributed by atoms with Gasteiger partial charge in [0.1, 0.15) is 0 Å². The van der Waals surface area contributed by atoms with Crippen LogP contribution in [0.25, 0.3) is 0 Å². The van der Waals surface area contributed by atoms with Crippen molar-refractivity contribution < 1.29 is 9.59 Å². The number of carbonyl (C=O) groups excluding carboxylic acids is 2. The summed E-state index contributed by atoms with van der Waals surface area (Å²) in [5.74, 6) is 0.394. The number of carbonyl (C=O) groups is 2. The monoisotopic (exact) mass is 326 g/mol. The minimum atomic E-state index is -0.203. The van der Waals surface area contributed by atoms with E-state index in [0.717, 1.165) is 17.5 Å². The van der Waals surface area contributed by atoms with Gasteiger partial charge in [-0.1, -0.05) is 30.3 Å². The number of aromatic nitrogens is 2. The van der Waals surface area contributed by atoms with E-state index in [1.165, 1.54) is 0 Å². The van der Waals surface area contributed by atoms with Gasteiger partial charge in [-0.2, -0.15) is 5.10 Å². The van der Waals surface area contributed by atoms with Gasteiger partial charge in [0.05, 0.1) is 12.6 Å². The Morgan fingerprint density at radius 1 is 1.33 bits per heavy atom. The minimum absolute atomic E-state index is 0.0464. The van der Waals surface area contributed by atoms with Crippen LogP contribution in [-0.4, -0.2) is 39.6 Å². The van der Waals surface area contributed by atoms with Crippen molar-refractivity contribution in [2.75, 3.05) is 18.4 Å². The first-order valence-electron chi connectivity index (χ1n) is 8.23. The fourth-order valence-corrected chi connectivity index (χ4v) is 2.91. The number of hydrogen-bond acceptors (Lipinski definition) is 3. The van der Waals surface area contributed by atoms with Crippen LogP contribution in [0, 0.1) is 6.92 Å². The average Bonchev–Trinajstić information content (AvgIpc) is 3.14. The highest BCUT2D eigenvalue weighted by Crippen LogP contribution is 2.21. The van der Waals surface area contributed by atoms with Crippen LogP contribution < -0.4 is 5.32 Å². The van der Waals surface area contributed by atoms with E-state index in [4.69, 9.17) is 0 Å². The highest BCUT2D eigenvalue weighted by molar-refractivity contribution is 5.94. The Labute approximate surface area is 141 Å². The summed E-state index contributed by atoms with van der Waals surface area (Å²) in [6, 6.07) is 10.2. The molecule has 1 aliphatic rings. The van der Waals surface area contributed by atoms with Crippen molar-refractivity contribution in [3.63, 3.8) is 0 Å². The van der Waals surface area contributed by atoms with Crippen molar-refractivity contribution in [3.05, 3.63) is 47.7 Å². The van der Waals surface area contributed by atoms with E-state index in [0.29, 0.717) is 18.8 Å². The highest BCUT2D eigenvalue weighted by atomic mass is 16.2. The summed E-state index contributed by atoms with van der Waals surface area (Å²) in [7, 11) is 0. The molecule has 24 heavy (non-hydrogen) atoms. The minimum Gasteiger partial charge on any atom is -0.333 e. The number of hydrogen-bond donors (Lipinski definition) is 1. The number of anilines is 1. The molecule has 0 saturated carbocycles. The molecule has 0 bridgehead atoms. The predicted molar refractivity (Wildman–Crippen MR) is 91.7 cm³/mol. The summed E-state index contributed by atoms with van der Waals surface area (Å²) >= 11 is 0. The number of benzene rings is 1. The largest absolute Gasteiger partial charge is 0.333 e. The fourth-order valence-electron chi connectivity index (χ4n) is 2.91. The van der Waals surface area contributed by atoms with Crippen molar-refractivity contribution in [1.82, 2.24) is 14.7 Å². The van der Waals surface area contributed by atoms with Gasteiger partial charge >= 0.3 is 0 Å². The zero-order valence-electron chi connectivity index (χ0n) is 14.0. The van der Waals surface area contributed by atoms with Gasteiger partial charge in [-0.15, -0.1) is 0 Å². The van der Waals surface area contributed by atoms with Crippen molar-refractivity contribution in [2.24, 2.45) is 0 Å². The van der Waals surface area contributed by atoms with E-state index in [9.17, 15) is 9.59 Å². The number of aryl methyl sites for hydroxylation is 1. The molecule has 3 rings (SSSR count). The third-order valence-electron chi connectivity index (χ3n) is 4.36. The second-order valence-electron chi connectivity index (χ2n) is 6.19. The molecule has 1 aromatic heterocycles. The Hall–Kier alpha value is -2.63. The first-order valence-corrected chi connectivity index (χ1v) is 8.23. The lowest BCUT2D eigenvalue weighted by atomic mass is 10.1. The third-order valence-corrected chi connectivity index (χ3v) is 4.36. The first-order chi connectivity index (χ1) is 11.5. The summed E-state index contributed by atoms with van der Waals surface area (Å²) < 4.78 is 1.85. The highest BCUT2D eigenvalue weighted by Gasteiger charge is 2.23. The molecule has 6 heteroatoms. The van der Waals surface area contributed by atoms with E-state index < -0.39 is 0 Å². The molecule has 2 aromatic rings. The Morgan fingerprint density at radius 2 is 2.08 bits per heavy atom. The molecule has 2 amide bonds. The molecule has 1 N–H and O–H groups in total. The van der Waals surface area contributed by atoms with Gasteiger partial charge in [-0.3, -0.25) is 14.3 Å². The number of nitrogens with zero attached hydrogens (tertiary/aromatic N) is 3. The van der Waals surface area contributed by atoms with Gasteiger partial charge in [0.25, 0.3) is 0 Å². The third kappa shape index (κ3) is 3.48. The lowest BCUT2D eigenvalue weighted by Gasteiger charge is -2.14. The second kappa shape index (κ2) is 6.86. The number of rotatable bonds is 5. The van der Waals surface area contributed by atoms with Crippen molar-refractivity contribution in [1.29, 1.82) is 0 Å². The summed E-state index contributed by atoms with van der Waals surface area (Å²) in [6.07, 6.45) is 3.29. The van der Waals surface area contributed by atoms with Crippen molar-refractivity contribution >= 4 is 17.6 Å². The molecule has 0 aliphatic carbocycles. The molecule has 2 heterocycles. The van der Waals surface area contributed by atoms with Crippen LogP contribution in [0.3, 0.4) is 0 Å².